The number of nitrogens with one attached hydrogen (secondary N) is 1. The summed E-state index contributed by atoms with van der Waals surface area (Å²) in [5.41, 5.74) is 1.09. The second kappa shape index (κ2) is 8.58. The molecule has 7 heteroatoms. The maximum Gasteiger partial charge on any atom is 0.412 e. The van der Waals surface area contributed by atoms with Crippen LogP contribution in [0.25, 0.3) is 0 Å². The third-order valence-corrected chi connectivity index (χ3v) is 4.83. The van der Waals surface area contributed by atoms with Crippen molar-refractivity contribution in [1.82, 2.24) is 4.90 Å². The summed E-state index contributed by atoms with van der Waals surface area (Å²) in [5.74, 6) is 1.04. The van der Waals surface area contributed by atoms with Crippen LogP contribution in [0.3, 0.4) is 0 Å². The molecular formula is C19H26N2O4S. The standard InChI is InChI=1S/C19H26N2O4S/c1-13(22)26-12-15-9-17(23)21(11-15)10-14-5-7-16(8-6-14)20-18(24)25-19(2,3)4/h5-8,15H,9-12H2,1-4H3,(H,20,24). The zero-order chi connectivity index (χ0) is 19.3. The van der Waals surface area contributed by atoms with E-state index < -0.39 is 11.7 Å². The summed E-state index contributed by atoms with van der Waals surface area (Å²) in [5, 5.41) is 2.77. The smallest absolute Gasteiger partial charge is 0.412 e. The first kappa shape index (κ1) is 20.3. The number of anilines is 1. The van der Waals surface area contributed by atoms with Gasteiger partial charge in [0.2, 0.25) is 5.91 Å². The van der Waals surface area contributed by atoms with Gasteiger partial charge < -0.3 is 9.64 Å². The third-order valence-electron chi connectivity index (χ3n) is 3.79. The lowest BCUT2D eigenvalue weighted by molar-refractivity contribution is -0.128. The van der Waals surface area contributed by atoms with Gasteiger partial charge in [0.1, 0.15) is 5.60 Å². The minimum atomic E-state index is -0.544. The number of nitrogens with zero attached hydrogens (tertiary/aromatic N) is 1. The van der Waals surface area contributed by atoms with Crippen molar-refractivity contribution in [3.8, 4) is 0 Å². The molecule has 0 radical (unpaired) electrons. The highest BCUT2D eigenvalue weighted by molar-refractivity contribution is 8.13. The Morgan fingerprint density at radius 2 is 1.92 bits per heavy atom. The summed E-state index contributed by atoms with van der Waals surface area (Å²) in [6, 6.07) is 7.36. The van der Waals surface area contributed by atoms with Crippen LogP contribution >= 0.6 is 11.8 Å². The zero-order valence-electron chi connectivity index (χ0n) is 15.7. The van der Waals surface area contributed by atoms with Crippen LogP contribution in [0.1, 0.15) is 39.7 Å². The van der Waals surface area contributed by atoms with E-state index in [1.807, 2.05) is 37.8 Å². The Balaban J connectivity index is 1.86. The molecule has 1 saturated heterocycles. The molecule has 2 amide bonds. The average molecular weight is 378 g/mol. The van der Waals surface area contributed by atoms with Gasteiger partial charge >= 0.3 is 6.09 Å². The maximum atomic E-state index is 12.1. The Morgan fingerprint density at radius 1 is 1.27 bits per heavy atom. The number of carbonyl (C=O) groups excluding carboxylic acids is 3. The van der Waals surface area contributed by atoms with Crippen molar-refractivity contribution in [1.29, 1.82) is 0 Å². The van der Waals surface area contributed by atoms with Crippen molar-refractivity contribution >= 4 is 34.6 Å². The number of hydrogen-bond donors (Lipinski definition) is 1. The van der Waals surface area contributed by atoms with Gasteiger partial charge in [-0.25, -0.2) is 4.79 Å². The second-order valence-electron chi connectivity index (χ2n) is 7.47. The van der Waals surface area contributed by atoms with Crippen LogP contribution in [-0.4, -0.2) is 39.9 Å². The highest BCUT2D eigenvalue weighted by Crippen LogP contribution is 2.24. The Morgan fingerprint density at radius 3 is 2.50 bits per heavy atom. The quantitative estimate of drug-likeness (QED) is 0.846. The van der Waals surface area contributed by atoms with E-state index in [-0.39, 0.29) is 16.9 Å². The first-order valence-electron chi connectivity index (χ1n) is 8.62. The Hall–Kier alpha value is -2.02. The number of ether oxygens (including phenoxy) is 1. The fraction of sp³-hybridized carbons (Fsp3) is 0.526. The summed E-state index contributed by atoms with van der Waals surface area (Å²) in [7, 11) is 0. The predicted molar refractivity (Wildman–Crippen MR) is 103 cm³/mol. The van der Waals surface area contributed by atoms with Gasteiger partial charge in [-0.1, -0.05) is 23.9 Å². The van der Waals surface area contributed by atoms with Crippen LogP contribution in [0.2, 0.25) is 0 Å². The predicted octanol–water partition coefficient (Wildman–Crippen LogP) is 3.66. The molecule has 26 heavy (non-hydrogen) atoms. The molecule has 0 spiro atoms. The van der Waals surface area contributed by atoms with Gasteiger partial charge in [0.05, 0.1) is 0 Å². The lowest BCUT2D eigenvalue weighted by atomic mass is 10.1. The SMILES string of the molecule is CC(=O)SCC1CC(=O)N(Cc2ccc(NC(=O)OC(C)(C)C)cc2)C1. The highest BCUT2D eigenvalue weighted by Gasteiger charge is 2.29. The zero-order valence-corrected chi connectivity index (χ0v) is 16.5. The molecule has 2 rings (SSSR count). The van der Waals surface area contributed by atoms with Gasteiger partial charge in [-0.2, -0.15) is 0 Å². The van der Waals surface area contributed by atoms with Gasteiger partial charge in [0.15, 0.2) is 5.12 Å². The van der Waals surface area contributed by atoms with Crippen molar-refractivity contribution in [2.75, 3.05) is 17.6 Å². The highest BCUT2D eigenvalue weighted by atomic mass is 32.2. The number of carbonyl (C=O) groups is 3. The number of benzene rings is 1. The molecule has 0 saturated carbocycles. The van der Waals surface area contributed by atoms with Crippen molar-refractivity contribution in [3.05, 3.63) is 29.8 Å². The fourth-order valence-electron chi connectivity index (χ4n) is 2.69. The van der Waals surface area contributed by atoms with Crippen molar-refractivity contribution in [2.45, 2.75) is 46.3 Å². The van der Waals surface area contributed by atoms with Crippen molar-refractivity contribution in [3.63, 3.8) is 0 Å². The van der Waals surface area contributed by atoms with E-state index in [0.717, 1.165) is 5.56 Å². The Labute approximate surface area is 158 Å². The molecule has 1 aromatic rings. The monoisotopic (exact) mass is 378 g/mol. The van der Waals surface area contributed by atoms with Gasteiger partial charge in [0, 0.05) is 37.9 Å². The van der Waals surface area contributed by atoms with Crippen molar-refractivity contribution < 1.29 is 19.1 Å². The van der Waals surface area contributed by atoms with E-state index in [0.29, 0.717) is 31.0 Å². The number of likely N-dealkylation sites (tertiary alicyclic amines) is 1. The number of thioether (sulfide) groups is 1. The van der Waals surface area contributed by atoms with Gasteiger partial charge in [-0.15, -0.1) is 0 Å². The molecule has 6 nitrogen and oxygen atoms in total. The largest absolute Gasteiger partial charge is 0.444 e. The molecular weight excluding hydrogens is 352 g/mol. The normalized spacial score (nSPS) is 17.3. The molecule has 142 valence electrons. The molecule has 1 heterocycles. The molecule has 1 aliphatic rings. The van der Waals surface area contributed by atoms with E-state index in [1.165, 1.54) is 11.8 Å². The lowest BCUT2D eigenvalue weighted by Crippen LogP contribution is -2.27. The summed E-state index contributed by atoms with van der Waals surface area (Å²) >= 11 is 1.28. The summed E-state index contributed by atoms with van der Waals surface area (Å²) in [6.07, 6.45) is 0.00393. The molecule has 1 unspecified atom stereocenters. The average Bonchev–Trinajstić information content (AvgIpc) is 2.85. The topological polar surface area (TPSA) is 75.7 Å². The van der Waals surface area contributed by atoms with Crippen molar-refractivity contribution in [2.24, 2.45) is 5.92 Å². The van der Waals surface area contributed by atoms with Crippen LogP contribution in [0, 0.1) is 5.92 Å². The first-order valence-corrected chi connectivity index (χ1v) is 9.61. The van der Waals surface area contributed by atoms with Gasteiger partial charge in [-0.05, 0) is 44.4 Å². The van der Waals surface area contributed by atoms with E-state index in [2.05, 4.69) is 5.32 Å². The van der Waals surface area contributed by atoms with E-state index in [9.17, 15) is 14.4 Å². The van der Waals surface area contributed by atoms with Crippen LogP contribution in [0.15, 0.2) is 24.3 Å². The van der Waals surface area contributed by atoms with Crippen LogP contribution in [0.5, 0.6) is 0 Å². The van der Waals surface area contributed by atoms with E-state index >= 15 is 0 Å². The summed E-state index contributed by atoms with van der Waals surface area (Å²) in [4.78, 5) is 36.8. The molecule has 0 bridgehead atoms. The van der Waals surface area contributed by atoms with Gasteiger partial charge in [0.25, 0.3) is 0 Å². The second-order valence-corrected chi connectivity index (χ2v) is 8.67. The number of hydrogen-bond acceptors (Lipinski definition) is 5. The van der Waals surface area contributed by atoms with Gasteiger partial charge in [-0.3, -0.25) is 14.9 Å². The van der Waals surface area contributed by atoms with Crippen LogP contribution in [0.4, 0.5) is 10.5 Å². The van der Waals surface area contributed by atoms with E-state index in [4.69, 9.17) is 4.74 Å². The lowest BCUT2D eigenvalue weighted by Gasteiger charge is -2.20. The molecule has 1 N–H and O–H groups in total. The first-order chi connectivity index (χ1) is 12.1. The molecule has 0 aromatic heterocycles. The number of rotatable bonds is 5. The number of amides is 2. The third kappa shape index (κ3) is 6.71. The molecule has 0 aliphatic carbocycles. The molecule has 1 aliphatic heterocycles. The molecule has 1 atom stereocenters. The Kier molecular flexibility index (Phi) is 6.69. The van der Waals surface area contributed by atoms with Crippen LogP contribution in [-0.2, 0) is 20.9 Å². The summed E-state index contributed by atoms with van der Waals surface area (Å²) < 4.78 is 5.22. The Bertz CT molecular complexity index is 667. The molecule has 1 aromatic carbocycles. The maximum absolute atomic E-state index is 12.1. The fourth-order valence-corrected chi connectivity index (χ4v) is 3.38. The van der Waals surface area contributed by atoms with Crippen LogP contribution < -0.4 is 5.32 Å². The minimum absolute atomic E-state index is 0.0870. The summed E-state index contributed by atoms with van der Waals surface area (Å²) in [6.45, 7) is 8.19. The minimum Gasteiger partial charge on any atom is -0.444 e. The van der Waals surface area contributed by atoms with E-state index in [1.54, 1.807) is 19.1 Å². The molecule has 1 fully saturated rings.